The van der Waals surface area contributed by atoms with E-state index < -0.39 is 0 Å². The molecule has 1 rings (SSSR count). The normalized spacial score (nSPS) is 20.0. The highest BCUT2D eigenvalue weighted by Crippen LogP contribution is 2.14. The molecular weight excluding hydrogens is 96.1 g/mol. The Morgan fingerprint density at radius 1 is 1.00 bits per heavy atom. The number of thioether (sulfide) groups is 1. The summed E-state index contributed by atoms with van der Waals surface area (Å²) in [6.07, 6.45) is 2.93. The number of hydrogen-bond donors (Lipinski definition) is 0. The molecule has 1 aliphatic heterocycles. The minimum Gasteiger partial charge on any atom is -0.412 e. The highest BCUT2D eigenvalue weighted by atomic mass is 32.2. The molecule has 1 aliphatic rings. The second kappa shape index (κ2) is 3.50. The maximum atomic E-state index is 2.07. The van der Waals surface area contributed by atoms with E-state index in [0.717, 1.165) is 0 Å². The molecule has 0 unspecified atom stereocenters. The zero-order chi connectivity index (χ0) is 3.54. The maximum absolute atomic E-state index is 2.07. The monoisotopic (exact) mass is 106 g/mol. The third-order valence-corrected chi connectivity index (χ3v) is 1.98. The van der Waals surface area contributed by atoms with E-state index in [-0.39, 0.29) is 5.48 Å². The van der Waals surface area contributed by atoms with Crippen molar-refractivity contribution in [1.82, 2.24) is 0 Å². The molecule has 0 aromatic heterocycles. The molecule has 0 saturated carbocycles. The van der Waals surface area contributed by atoms with E-state index in [1.165, 1.54) is 24.3 Å². The number of rotatable bonds is 0. The van der Waals surface area contributed by atoms with Gasteiger partial charge in [-0.3, -0.25) is 0 Å². The van der Waals surface area contributed by atoms with Crippen molar-refractivity contribution in [2.24, 2.45) is 0 Å². The first-order valence-corrected chi connectivity index (χ1v) is 3.23. The lowest BCUT2D eigenvalue weighted by Gasteiger charge is -1.69. The summed E-state index contributed by atoms with van der Waals surface area (Å²) in [5, 5.41) is 0. The third-order valence-electron chi connectivity index (χ3n) is 0.827. The molecule has 38 valence electrons. The van der Waals surface area contributed by atoms with E-state index in [0.29, 0.717) is 0 Å². The molecule has 0 aromatic rings. The van der Waals surface area contributed by atoms with E-state index in [1.807, 2.05) is 0 Å². The van der Waals surface area contributed by atoms with Gasteiger partial charge in [-0.1, -0.05) is 0 Å². The van der Waals surface area contributed by atoms with Crippen LogP contribution < -0.4 is 0 Å². The van der Waals surface area contributed by atoms with Gasteiger partial charge in [-0.15, -0.1) is 0 Å². The zero-order valence-corrected chi connectivity index (χ0v) is 4.55. The summed E-state index contributed by atoms with van der Waals surface area (Å²) in [7, 11) is 0. The first-order valence-electron chi connectivity index (χ1n) is 2.08. The maximum Gasteiger partial charge on any atom is -0.00672 e. The summed E-state index contributed by atoms with van der Waals surface area (Å²) in [6, 6.07) is 0. The van der Waals surface area contributed by atoms with Crippen molar-refractivity contribution in [3.63, 3.8) is 0 Å². The highest BCUT2D eigenvalue weighted by Gasteiger charge is 1.95. The molecular formula is C4H10OS. The van der Waals surface area contributed by atoms with Gasteiger partial charge in [0.15, 0.2) is 0 Å². The molecule has 0 radical (unpaired) electrons. The van der Waals surface area contributed by atoms with Crippen molar-refractivity contribution >= 4 is 11.8 Å². The van der Waals surface area contributed by atoms with Gasteiger partial charge < -0.3 is 5.48 Å². The van der Waals surface area contributed by atoms with Crippen LogP contribution in [0.3, 0.4) is 0 Å². The van der Waals surface area contributed by atoms with Crippen LogP contribution in [0.4, 0.5) is 0 Å². The Kier molecular flexibility index (Phi) is 3.68. The molecule has 2 heteroatoms. The van der Waals surface area contributed by atoms with Crippen LogP contribution in [0, 0.1) is 0 Å². The molecule has 6 heavy (non-hydrogen) atoms. The molecule has 0 aromatic carbocycles. The Hall–Kier alpha value is 0.310. The van der Waals surface area contributed by atoms with Crippen LogP contribution in [0.2, 0.25) is 0 Å². The molecule has 0 spiro atoms. The van der Waals surface area contributed by atoms with Gasteiger partial charge in [0, 0.05) is 0 Å². The van der Waals surface area contributed by atoms with Crippen molar-refractivity contribution in [2.45, 2.75) is 12.8 Å². The van der Waals surface area contributed by atoms with Gasteiger partial charge in [0.05, 0.1) is 0 Å². The van der Waals surface area contributed by atoms with Crippen LogP contribution in [-0.2, 0) is 0 Å². The smallest absolute Gasteiger partial charge is 0.00672 e. The Morgan fingerprint density at radius 3 is 1.67 bits per heavy atom. The molecule has 1 fully saturated rings. The predicted molar refractivity (Wildman–Crippen MR) is 30.2 cm³/mol. The fraction of sp³-hybridized carbons (Fsp3) is 1.00. The van der Waals surface area contributed by atoms with Crippen LogP contribution in [-0.4, -0.2) is 17.0 Å². The fourth-order valence-corrected chi connectivity index (χ4v) is 1.53. The Labute approximate surface area is 42.4 Å². The van der Waals surface area contributed by atoms with Crippen LogP contribution >= 0.6 is 11.8 Å². The van der Waals surface area contributed by atoms with Gasteiger partial charge in [0.25, 0.3) is 0 Å². The van der Waals surface area contributed by atoms with Gasteiger partial charge >= 0.3 is 0 Å². The van der Waals surface area contributed by atoms with Crippen LogP contribution in [0.5, 0.6) is 0 Å². The van der Waals surface area contributed by atoms with Crippen molar-refractivity contribution in [3.8, 4) is 0 Å². The SMILES string of the molecule is C1CCSC1.O. The van der Waals surface area contributed by atoms with Gasteiger partial charge in [-0.2, -0.15) is 11.8 Å². The molecule has 0 amide bonds. The molecule has 0 aliphatic carbocycles. The molecule has 0 bridgehead atoms. The van der Waals surface area contributed by atoms with E-state index in [1.54, 1.807) is 0 Å². The first kappa shape index (κ1) is 6.31. The quantitative estimate of drug-likeness (QED) is 0.447. The fourth-order valence-electron chi connectivity index (χ4n) is 0.510. The molecule has 2 N–H and O–H groups in total. The van der Waals surface area contributed by atoms with E-state index in [4.69, 9.17) is 0 Å². The average Bonchev–Trinajstić information content (AvgIpc) is 1.76. The third kappa shape index (κ3) is 1.67. The largest absolute Gasteiger partial charge is 0.412 e. The molecule has 1 heterocycles. The van der Waals surface area contributed by atoms with Crippen molar-refractivity contribution in [2.75, 3.05) is 11.5 Å². The van der Waals surface area contributed by atoms with Gasteiger partial charge in [-0.05, 0) is 24.3 Å². The van der Waals surface area contributed by atoms with E-state index in [2.05, 4.69) is 11.8 Å². The first-order chi connectivity index (χ1) is 2.50. The predicted octanol–water partition coefficient (Wildman–Crippen LogP) is 0.689. The number of hydrogen-bond acceptors (Lipinski definition) is 1. The van der Waals surface area contributed by atoms with Crippen LogP contribution in [0.25, 0.3) is 0 Å². The average molecular weight is 106 g/mol. The molecule has 1 nitrogen and oxygen atoms in total. The lowest BCUT2D eigenvalue weighted by atomic mass is 10.4. The van der Waals surface area contributed by atoms with E-state index >= 15 is 0 Å². The van der Waals surface area contributed by atoms with Crippen LogP contribution in [0.1, 0.15) is 12.8 Å². The summed E-state index contributed by atoms with van der Waals surface area (Å²) >= 11 is 2.07. The summed E-state index contributed by atoms with van der Waals surface area (Å²) in [5.74, 6) is 2.83. The lowest BCUT2D eigenvalue weighted by molar-refractivity contribution is 0.824. The van der Waals surface area contributed by atoms with Crippen molar-refractivity contribution in [1.29, 1.82) is 0 Å². The minimum atomic E-state index is 0. The van der Waals surface area contributed by atoms with Crippen molar-refractivity contribution in [3.05, 3.63) is 0 Å². The second-order valence-electron chi connectivity index (χ2n) is 1.32. The van der Waals surface area contributed by atoms with Gasteiger partial charge in [0.1, 0.15) is 0 Å². The Balaban J connectivity index is 0.000000250. The standard InChI is InChI=1S/C4H8S.H2O/c1-2-4-5-3-1;/h1-4H2;1H2. The Bertz CT molecular complexity index is 19.1. The topological polar surface area (TPSA) is 31.5 Å². The summed E-state index contributed by atoms with van der Waals surface area (Å²) in [6.45, 7) is 0. The zero-order valence-electron chi connectivity index (χ0n) is 3.74. The summed E-state index contributed by atoms with van der Waals surface area (Å²) < 4.78 is 0. The van der Waals surface area contributed by atoms with Crippen molar-refractivity contribution < 1.29 is 5.48 Å². The molecule has 1 saturated heterocycles. The Morgan fingerprint density at radius 2 is 1.50 bits per heavy atom. The second-order valence-corrected chi connectivity index (χ2v) is 2.54. The summed E-state index contributed by atoms with van der Waals surface area (Å²) in [4.78, 5) is 0. The van der Waals surface area contributed by atoms with E-state index in [9.17, 15) is 0 Å². The lowest BCUT2D eigenvalue weighted by Crippen LogP contribution is -1.58. The highest BCUT2D eigenvalue weighted by molar-refractivity contribution is 7.99. The molecule has 0 atom stereocenters. The van der Waals surface area contributed by atoms with Gasteiger partial charge in [0.2, 0.25) is 0 Å². The summed E-state index contributed by atoms with van der Waals surface area (Å²) in [5.41, 5.74) is 0. The van der Waals surface area contributed by atoms with Crippen LogP contribution in [0.15, 0.2) is 0 Å². The minimum absolute atomic E-state index is 0. The van der Waals surface area contributed by atoms with Gasteiger partial charge in [-0.25, -0.2) is 0 Å².